The third kappa shape index (κ3) is 4.31. The first-order valence-electron chi connectivity index (χ1n) is 7.50. The maximum Gasteiger partial charge on any atom is 0.434 e. The fourth-order valence-electron chi connectivity index (χ4n) is 2.36. The average molecular weight is 498 g/mol. The minimum atomic E-state index is -4.67. The second kappa shape index (κ2) is 7.72. The van der Waals surface area contributed by atoms with Crippen LogP contribution < -0.4 is 5.32 Å². The van der Waals surface area contributed by atoms with Crippen LogP contribution in [0.1, 0.15) is 21.7 Å². The summed E-state index contributed by atoms with van der Waals surface area (Å²) in [5, 5.41) is 10.8. The van der Waals surface area contributed by atoms with Crippen molar-refractivity contribution in [3.63, 3.8) is 0 Å². The lowest BCUT2D eigenvalue weighted by Crippen LogP contribution is -2.15. The van der Waals surface area contributed by atoms with Gasteiger partial charge in [-0.05, 0) is 33.6 Å². The Morgan fingerprint density at radius 1 is 1.25 bits per heavy atom. The van der Waals surface area contributed by atoms with Gasteiger partial charge in [-0.15, -0.1) is 5.10 Å². The molecule has 148 valence electrons. The predicted molar refractivity (Wildman–Crippen MR) is 99.4 cm³/mol. The molecular formula is C15H10BrCl2F3N6O. The lowest BCUT2D eigenvalue weighted by Gasteiger charge is -2.06. The molecule has 0 saturated heterocycles. The molecule has 0 aliphatic heterocycles. The summed E-state index contributed by atoms with van der Waals surface area (Å²) in [7, 11) is 1.09. The lowest BCUT2D eigenvalue weighted by molar-refractivity contribution is -0.144. The van der Waals surface area contributed by atoms with Crippen molar-refractivity contribution in [3.05, 3.63) is 56.0 Å². The number of hydrogen-bond acceptors (Lipinski definition) is 4. The van der Waals surface area contributed by atoms with E-state index in [0.717, 1.165) is 12.6 Å². The number of alkyl halides is 3. The van der Waals surface area contributed by atoms with E-state index in [1.165, 1.54) is 11.0 Å². The highest BCUT2D eigenvalue weighted by atomic mass is 79.9. The Morgan fingerprint density at radius 2 is 1.96 bits per heavy atom. The topological polar surface area (TPSA) is 77.6 Å². The third-order valence-corrected chi connectivity index (χ3v) is 5.05. The van der Waals surface area contributed by atoms with Gasteiger partial charge >= 0.3 is 6.18 Å². The molecule has 0 bridgehead atoms. The zero-order valence-electron chi connectivity index (χ0n) is 13.9. The minimum absolute atomic E-state index is 0.0869. The van der Waals surface area contributed by atoms with Gasteiger partial charge in [0.1, 0.15) is 6.33 Å². The van der Waals surface area contributed by atoms with E-state index in [1.54, 1.807) is 18.2 Å². The van der Waals surface area contributed by atoms with Crippen molar-refractivity contribution in [2.75, 3.05) is 5.32 Å². The Balaban J connectivity index is 1.75. The quantitative estimate of drug-likeness (QED) is 0.579. The number of halogens is 6. The molecule has 2 aromatic heterocycles. The highest BCUT2D eigenvalue weighted by molar-refractivity contribution is 9.10. The lowest BCUT2D eigenvalue weighted by atomic mass is 10.2. The fraction of sp³-hybridized carbons (Fsp3) is 0.200. The molecule has 0 aliphatic carbocycles. The van der Waals surface area contributed by atoms with Gasteiger partial charge in [0.05, 0.1) is 21.1 Å². The normalized spacial score (nSPS) is 11.7. The zero-order chi connectivity index (χ0) is 20.6. The molecule has 0 spiro atoms. The van der Waals surface area contributed by atoms with E-state index in [2.05, 4.69) is 36.4 Å². The molecule has 3 rings (SSSR count). The largest absolute Gasteiger partial charge is 0.434 e. The number of carbonyl (C=O) groups is 1. The SMILES string of the molecule is Cn1nc(C(=O)Nc2ncn(Cc3ccc(Cl)c(Cl)c3)n2)c(Br)c1C(F)(F)F. The Hall–Kier alpha value is -2.11. The van der Waals surface area contributed by atoms with Crippen LogP contribution in [0.5, 0.6) is 0 Å². The molecule has 0 aliphatic rings. The molecule has 1 N–H and O–H groups in total. The maximum atomic E-state index is 13.0. The van der Waals surface area contributed by atoms with Gasteiger partial charge in [-0.1, -0.05) is 29.3 Å². The van der Waals surface area contributed by atoms with Crippen LogP contribution in [0.15, 0.2) is 29.0 Å². The van der Waals surface area contributed by atoms with Crippen molar-refractivity contribution < 1.29 is 18.0 Å². The van der Waals surface area contributed by atoms with E-state index in [4.69, 9.17) is 23.2 Å². The summed E-state index contributed by atoms with van der Waals surface area (Å²) >= 11 is 14.6. The second-order valence-corrected chi connectivity index (χ2v) is 7.21. The fourth-order valence-corrected chi connectivity index (χ4v) is 3.43. The summed E-state index contributed by atoms with van der Waals surface area (Å²) < 4.78 is 40.6. The molecule has 3 aromatic rings. The molecule has 0 radical (unpaired) electrons. The summed E-state index contributed by atoms with van der Waals surface area (Å²) in [5.41, 5.74) is -0.717. The van der Waals surface area contributed by atoms with E-state index in [0.29, 0.717) is 21.3 Å². The van der Waals surface area contributed by atoms with Crippen LogP contribution in [0.4, 0.5) is 19.1 Å². The molecular weight excluding hydrogens is 488 g/mol. The Kier molecular flexibility index (Phi) is 5.69. The smallest absolute Gasteiger partial charge is 0.288 e. The number of aromatic nitrogens is 5. The van der Waals surface area contributed by atoms with E-state index in [1.807, 2.05) is 0 Å². The number of rotatable bonds is 4. The number of anilines is 1. The van der Waals surface area contributed by atoms with Crippen LogP contribution in [0.3, 0.4) is 0 Å². The van der Waals surface area contributed by atoms with Gasteiger partial charge in [0.2, 0.25) is 5.95 Å². The number of nitrogens with one attached hydrogen (secondary N) is 1. The Labute approximate surface area is 174 Å². The summed E-state index contributed by atoms with van der Waals surface area (Å²) in [4.78, 5) is 16.2. The van der Waals surface area contributed by atoms with Crippen molar-refractivity contribution >= 4 is 51.0 Å². The van der Waals surface area contributed by atoms with Gasteiger partial charge in [-0.2, -0.15) is 18.3 Å². The minimum Gasteiger partial charge on any atom is -0.288 e. The van der Waals surface area contributed by atoms with Crippen molar-refractivity contribution in [2.45, 2.75) is 12.7 Å². The molecule has 1 amide bonds. The summed E-state index contributed by atoms with van der Waals surface area (Å²) in [5.74, 6) is -0.971. The molecule has 13 heteroatoms. The van der Waals surface area contributed by atoms with Crippen LogP contribution in [-0.2, 0) is 19.8 Å². The molecule has 0 saturated carbocycles. The third-order valence-electron chi connectivity index (χ3n) is 3.56. The number of nitrogens with zero attached hydrogens (tertiary/aromatic N) is 5. The molecule has 0 fully saturated rings. The van der Waals surface area contributed by atoms with Crippen LogP contribution in [-0.4, -0.2) is 30.5 Å². The summed E-state index contributed by atoms with van der Waals surface area (Å²) in [6, 6.07) is 5.04. The standard InChI is InChI=1S/C15H10BrCl2F3N6O/c1-26-12(15(19,20)21)10(16)11(24-26)13(28)23-14-22-6-27(25-14)5-7-2-3-8(17)9(18)4-7/h2-4,6H,5H2,1H3,(H,23,25,28). The van der Waals surface area contributed by atoms with Crippen LogP contribution in [0, 0.1) is 0 Å². The van der Waals surface area contributed by atoms with Crippen LogP contribution >= 0.6 is 39.1 Å². The molecule has 0 atom stereocenters. The number of aryl methyl sites for hydroxylation is 1. The molecule has 0 unspecified atom stereocenters. The molecule has 1 aromatic carbocycles. The second-order valence-electron chi connectivity index (χ2n) is 5.60. The van der Waals surface area contributed by atoms with Crippen LogP contribution in [0.25, 0.3) is 0 Å². The monoisotopic (exact) mass is 496 g/mol. The predicted octanol–water partition coefficient (Wildman–Crippen LogP) is 4.40. The van der Waals surface area contributed by atoms with Gasteiger partial charge in [-0.25, -0.2) is 9.67 Å². The van der Waals surface area contributed by atoms with E-state index in [-0.39, 0.29) is 5.95 Å². The highest BCUT2D eigenvalue weighted by Gasteiger charge is 2.39. The summed E-state index contributed by atoms with van der Waals surface area (Å²) in [6.45, 7) is 0.297. The van der Waals surface area contributed by atoms with Crippen molar-refractivity contribution in [2.24, 2.45) is 7.05 Å². The first-order valence-corrected chi connectivity index (χ1v) is 9.05. The number of carbonyl (C=O) groups excluding carboxylic acids is 1. The number of amides is 1. The van der Waals surface area contributed by atoms with E-state index in [9.17, 15) is 18.0 Å². The van der Waals surface area contributed by atoms with Gasteiger partial charge in [0.25, 0.3) is 5.91 Å². The Bertz CT molecular complexity index is 1050. The van der Waals surface area contributed by atoms with Gasteiger partial charge < -0.3 is 0 Å². The van der Waals surface area contributed by atoms with Crippen molar-refractivity contribution in [3.8, 4) is 0 Å². The summed E-state index contributed by atoms with van der Waals surface area (Å²) in [6.07, 6.45) is -3.31. The van der Waals surface area contributed by atoms with Crippen LogP contribution in [0.2, 0.25) is 10.0 Å². The van der Waals surface area contributed by atoms with Gasteiger partial charge in [-0.3, -0.25) is 14.8 Å². The molecule has 28 heavy (non-hydrogen) atoms. The van der Waals surface area contributed by atoms with Gasteiger partial charge in [0.15, 0.2) is 11.4 Å². The molecule has 7 nitrogen and oxygen atoms in total. The first kappa shape index (κ1) is 20.6. The number of hydrogen-bond donors (Lipinski definition) is 1. The van der Waals surface area contributed by atoms with Crippen molar-refractivity contribution in [1.29, 1.82) is 0 Å². The zero-order valence-corrected chi connectivity index (χ0v) is 17.0. The highest BCUT2D eigenvalue weighted by Crippen LogP contribution is 2.36. The van der Waals surface area contributed by atoms with E-state index >= 15 is 0 Å². The number of benzene rings is 1. The average Bonchev–Trinajstić information content (AvgIpc) is 3.14. The Morgan fingerprint density at radius 3 is 2.57 bits per heavy atom. The maximum absolute atomic E-state index is 13.0. The molecule has 2 heterocycles. The van der Waals surface area contributed by atoms with Crippen molar-refractivity contribution in [1.82, 2.24) is 24.5 Å². The van der Waals surface area contributed by atoms with Gasteiger partial charge in [0, 0.05) is 7.05 Å². The first-order chi connectivity index (χ1) is 13.1. The van der Waals surface area contributed by atoms with E-state index < -0.39 is 27.9 Å².